The van der Waals surface area contributed by atoms with Gasteiger partial charge in [-0.2, -0.15) is 5.26 Å². The molecule has 1 N–H and O–H groups in total. The van der Waals surface area contributed by atoms with Crippen molar-refractivity contribution in [3.05, 3.63) is 40.9 Å². The van der Waals surface area contributed by atoms with Crippen molar-refractivity contribution in [2.24, 2.45) is 0 Å². The lowest BCUT2D eigenvalue weighted by molar-refractivity contribution is 0.681. The molecule has 1 aliphatic rings. The predicted octanol–water partition coefficient (Wildman–Crippen LogP) is 2.04. The van der Waals surface area contributed by atoms with E-state index in [1.54, 1.807) is 11.0 Å². The number of hydrogen-bond donors (Lipinski definition) is 1. The summed E-state index contributed by atoms with van der Waals surface area (Å²) < 4.78 is 1.61. The number of aromatic nitrogens is 3. The van der Waals surface area contributed by atoms with Crippen molar-refractivity contribution in [1.82, 2.24) is 20.1 Å². The van der Waals surface area contributed by atoms with Crippen LogP contribution >= 0.6 is 11.6 Å². The average molecular weight is 274 g/mol. The SMILES string of the molecule is N#Cc1ncn(-c2ccc(Cl)cc2CNC2CC2)n1. The van der Waals surface area contributed by atoms with Crippen LogP contribution in [0.25, 0.3) is 5.69 Å². The number of hydrogen-bond acceptors (Lipinski definition) is 4. The van der Waals surface area contributed by atoms with E-state index in [-0.39, 0.29) is 5.82 Å². The first-order valence-corrected chi connectivity index (χ1v) is 6.48. The number of benzene rings is 1. The minimum atomic E-state index is 0.163. The highest BCUT2D eigenvalue weighted by Gasteiger charge is 2.20. The standard InChI is InChI=1S/C13H12ClN5/c14-10-1-4-12(19-8-17-13(6-15)18-19)9(5-10)7-16-11-2-3-11/h1,4-5,8,11,16H,2-3,7H2. The van der Waals surface area contributed by atoms with E-state index in [9.17, 15) is 0 Å². The van der Waals surface area contributed by atoms with Gasteiger partial charge in [0.1, 0.15) is 12.4 Å². The van der Waals surface area contributed by atoms with Crippen LogP contribution in [0.1, 0.15) is 24.2 Å². The fraction of sp³-hybridized carbons (Fsp3) is 0.308. The molecule has 0 spiro atoms. The van der Waals surface area contributed by atoms with Crippen molar-refractivity contribution in [2.75, 3.05) is 0 Å². The number of nitriles is 1. The molecule has 0 atom stereocenters. The molecule has 0 saturated heterocycles. The van der Waals surface area contributed by atoms with Gasteiger partial charge in [-0.3, -0.25) is 0 Å². The molecule has 1 aromatic carbocycles. The zero-order valence-corrected chi connectivity index (χ0v) is 10.9. The Balaban J connectivity index is 1.91. The normalized spacial score (nSPS) is 14.3. The van der Waals surface area contributed by atoms with Gasteiger partial charge in [-0.1, -0.05) is 11.6 Å². The third-order valence-corrected chi connectivity index (χ3v) is 3.27. The molecule has 1 fully saturated rings. The molecule has 6 heteroatoms. The van der Waals surface area contributed by atoms with Gasteiger partial charge in [0.05, 0.1) is 5.69 Å². The van der Waals surface area contributed by atoms with Gasteiger partial charge in [-0.05, 0) is 36.6 Å². The molecule has 0 radical (unpaired) electrons. The first kappa shape index (κ1) is 12.2. The van der Waals surface area contributed by atoms with Crippen molar-refractivity contribution in [1.29, 1.82) is 5.26 Å². The Morgan fingerprint density at radius 3 is 3.00 bits per heavy atom. The topological polar surface area (TPSA) is 66.5 Å². The van der Waals surface area contributed by atoms with Crippen molar-refractivity contribution in [3.63, 3.8) is 0 Å². The molecule has 1 heterocycles. The molecule has 1 aliphatic carbocycles. The van der Waals surface area contributed by atoms with Gasteiger partial charge in [-0.15, -0.1) is 5.10 Å². The van der Waals surface area contributed by atoms with Crippen LogP contribution in [0.4, 0.5) is 0 Å². The second kappa shape index (κ2) is 5.00. The minimum absolute atomic E-state index is 0.163. The lowest BCUT2D eigenvalue weighted by atomic mass is 10.1. The fourth-order valence-electron chi connectivity index (χ4n) is 1.89. The zero-order chi connectivity index (χ0) is 13.2. The maximum Gasteiger partial charge on any atom is 0.252 e. The van der Waals surface area contributed by atoms with Crippen LogP contribution < -0.4 is 5.32 Å². The van der Waals surface area contributed by atoms with Crippen molar-refractivity contribution in [3.8, 4) is 11.8 Å². The van der Waals surface area contributed by atoms with Crippen LogP contribution in [0.15, 0.2) is 24.5 Å². The quantitative estimate of drug-likeness (QED) is 0.926. The van der Waals surface area contributed by atoms with Crippen LogP contribution in [0.3, 0.4) is 0 Å². The molecular weight excluding hydrogens is 262 g/mol. The van der Waals surface area contributed by atoms with Gasteiger partial charge in [0.2, 0.25) is 0 Å². The van der Waals surface area contributed by atoms with E-state index in [4.69, 9.17) is 16.9 Å². The number of halogens is 1. The first-order chi connectivity index (χ1) is 9.26. The Kier molecular flexibility index (Phi) is 3.20. The minimum Gasteiger partial charge on any atom is -0.310 e. The fourth-order valence-corrected chi connectivity index (χ4v) is 2.09. The molecule has 0 aliphatic heterocycles. The van der Waals surface area contributed by atoms with Gasteiger partial charge in [-0.25, -0.2) is 9.67 Å². The summed E-state index contributed by atoms with van der Waals surface area (Å²) in [4.78, 5) is 3.92. The number of nitrogens with zero attached hydrogens (tertiary/aromatic N) is 4. The van der Waals surface area contributed by atoms with Crippen LogP contribution in [-0.4, -0.2) is 20.8 Å². The molecule has 1 saturated carbocycles. The molecule has 96 valence electrons. The summed E-state index contributed by atoms with van der Waals surface area (Å²) in [7, 11) is 0. The molecule has 19 heavy (non-hydrogen) atoms. The molecule has 5 nitrogen and oxygen atoms in total. The molecule has 2 aromatic rings. The number of rotatable bonds is 4. The zero-order valence-electron chi connectivity index (χ0n) is 10.2. The van der Waals surface area contributed by atoms with E-state index in [1.165, 1.54) is 12.8 Å². The second-order valence-electron chi connectivity index (χ2n) is 4.55. The maximum atomic E-state index is 8.77. The summed E-state index contributed by atoms with van der Waals surface area (Å²) in [5, 5.41) is 17.0. The third kappa shape index (κ3) is 2.75. The molecular formula is C13H12ClN5. The van der Waals surface area contributed by atoms with Crippen molar-refractivity contribution < 1.29 is 0 Å². The smallest absolute Gasteiger partial charge is 0.252 e. The Morgan fingerprint density at radius 1 is 1.47 bits per heavy atom. The molecule has 0 amide bonds. The Labute approximate surface area is 115 Å². The largest absolute Gasteiger partial charge is 0.310 e. The molecule has 1 aromatic heterocycles. The average Bonchev–Trinajstić information content (AvgIpc) is 3.13. The lowest BCUT2D eigenvalue weighted by Crippen LogP contribution is -2.17. The van der Waals surface area contributed by atoms with E-state index >= 15 is 0 Å². The van der Waals surface area contributed by atoms with E-state index in [1.807, 2.05) is 24.3 Å². The Bertz CT molecular complexity index is 639. The highest BCUT2D eigenvalue weighted by Crippen LogP contribution is 2.23. The van der Waals surface area contributed by atoms with Gasteiger partial charge in [0.25, 0.3) is 5.82 Å². The highest BCUT2D eigenvalue weighted by atomic mass is 35.5. The summed E-state index contributed by atoms with van der Waals surface area (Å²) in [6.07, 6.45) is 4.01. The second-order valence-corrected chi connectivity index (χ2v) is 4.99. The van der Waals surface area contributed by atoms with E-state index < -0.39 is 0 Å². The first-order valence-electron chi connectivity index (χ1n) is 6.10. The molecule has 3 rings (SSSR count). The number of nitrogens with one attached hydrogen (secondary N) is 1. The van der Waals surface area contributed by atoms with Crippen LogP contribution in [0, 0.1) is 11.3 Å². The summed E-state index contributed by atoms with van der Waals surface area (Å²) in [6, 6.07) is 8.16. The summed E-state index contributed by atoms with van der Waals surface area (Å²) in [6.45, 7) is 0.738. The summed E-state index contributed by atoms with van der Waals surface area (Å²) >= 11 is 6.04. The predicted molar refractivity (Wildman–Crippen MR) is 70.9 cm³/mol. The van der Waals surface area contributed by atoms with E-state index in [0.717, 1.165) is 17.8 Å². The summed E-state index contributed by atoms with van der Waals surface area (Å²) in [5.41, 5.74) is 1.94. The maximum absolute atomic E-state index is 8.77. The molecule has 0 unspecified atom stereocenters. The highest BCUT2D eigenvalue weighted by molar-refractivity contribution is 6.30. The summed E-state index contributed by atoms with van der Waals surface area (Å²) in [5.74, 6) is 0.163. The van der Waals surface area contributed by atoms with Crippen LogP contribution in [0.5, 0.6) is 0 Å². The van der Waals surface area contributed by atoms with Gasteiger partial charge < -0.3 is 5.32 Å². The third-order valence-electron chi connectivity index (χ3n) is 3.04. The molecule has 0 bridgehead atoms. The monoisotopic (exact) mass is 273 g/mol. The van der Waals surface area contributed by atoms with E-state index in [2.05, 4.69) is 15.4 Å². The Morgan fingerprint density at radius 2 is 2.32 bits per heavy atom. The lowest BCUT2D eigenvalue weighted by Gasteiger charge is -2.10. The van der Waals surface area contributed by atoms with Gasteiger partial charge in [0.15, 0.2) is 0 Å². The Hall–Kier alpha value is -1.90. The van der Waals surface area contributed by atoms with Crippen molar-refractivity contribution in [2.45, 2.75) is 25.4 Å². The van der Waals surface area contributed by atoms with Gasteiger partial charge in [0, 0.05) is 17.6 Å². The van der Waals surface area contributed by atoms with Crippen LogP contribution in [-0.2, 0) is 6.54 Å². The van der Waals surface area contributed by atoms with Crippen LogP contribution in [0.2, 0.25) is 5.02 Å². The van der Waals surface area contributed by atoms with Gasteiger partial charge >= 0.3 is 0 Å². The van der Waals surface area contributed by atoms with Crippen molar-refractivity contribution >= 4 is 11.6 Å². The van der Waals surface area contributed by atoms with E-state index in [0.29, 0.717) is 11.1 Å².